The fourth-order valence-corrected chi connectivity index (χ4v) is 4.52. The van der Waals surface area contributed by atoms with Crippen LogP contribution in [0.25, 0.3) is 10.9 Å². The minimum absolute atomic E-state index is 0.00956. The number of rotatable bonds is 9. The lowest BCUT2D eigenvalue weighted by atomic mass is 9.91. The van der Waals surface area contributed by atoms with E-state index in [1.807, 2.05) is 32.0 Å². The van der Waals surface area contributed by atoms with Crippen molar-refractivity contribution in [3.05, 3.63) is 30.0 Å². The number of H-pyrrole nitrogens is 1. The van der Waals surface area contributed by atoms with Gasteiger partial charge in [-0.25, -0.2) is 5.01 Å². The van der Waals surface area contributed by atoms with E-state index in [1.165, 1.54) is 5.01 Å². The number of carbonyl (C=O) groups is 4. The molecule has 1 aliphatic heterocycles. The molecular formula is C24H32N4O5S. The minimum atomic E-state index is -0.629. The molecule has 184 valence electrons. The van der Waals surface area contributed by atoms with Gasteiger partial charge in [-0.3, -0.25) is 24.6 Å². The first-order valence-electron chi connectivity index (χ1n) is 11.4. The number of carbonyl (C=O) groups excluding carboxylic acids is 4. The van der Waals surface area contributed by atoms with Gasteiger partial charge >= 0.3 is 0 Å². The molecule has 1 fully saturated rings. The molecule has 0 aliphatic carbocycles. The summed E-state index contributed by atoms with van der Waals surface area (Å²) in [6.07, 6.45) is 2.69. The fraction of sp³-hybridized carbons (Fsp3) is 0.500. The summed E-state index contributed by atoms with van der Waals surface area (Å²) in [5.41, 5.74) is 3.86. The van der Waals surface area contributed by atoms with Crippen molar-refractivity contribution in [3.8, 4) is 5.75 Å². The Kier molecular flexibility index (Phi) is 8.60. The van der Waals surface area contributed by atoms with Gasteiger partial charge in [0.1, 0.15) is 5.75 Å². The van der Waals surface area contributed by atoms with Gasteiger partial charge in [0.2, 0.25) is 11.8 Å². The fourth-order valence-electron chi connectivity index (χ4n) is 4.18. The van der Waals surface area contributed by atoms with E-state index in [0.29, 0.717) is 30.8 Å². The number of fused-ring (bicyclic) bond motifs is 1. The summed E-state index contributed by atoms with van der Waals surface area (Å²) in [6, 6.07) is 7.26. The molecule has 0 unspecified atom stereocenters. The lowest BCUT2D eigenvalue weighted by Gasteiger charge is -2.27. The minimum Gasteiger partial charge on any atom is -0.496 e. The number of ether oxygens (including phenoxy) is 1. The molecule has 34 heavy (non-hydrogen) atoms. The lowest BCUT2D eigenvalue weighted by molar-refractivity contribution is -0.130. The number of aromatic nitrogens is 1. The van der Waals surface area contributed by atoms with Crippen LogP contribution in [-0.2, 0) is 9.59 Å². The molecule has 9 nitrogen and oxygen atoms in total. The van der Waals surface area contributed by atoms with Crippen LogP contribution < -0.4 is 15.5 Å². The number of hydrogen-bond donors (Lipinski definition) is 3. The predicted molar refractivity (Wildman–Crippen MR) is 132 cm³/mol. The van der Waals surface area contributed by atoms with Crippen LogP contribution in [0, 0.1) is 17.8 Å². The zero-order valence-corrected chi connectivity index (χ0v) is 20.8. The Labute approximate surface area is 203 Å². The standard InChI is InChI=1S/C24H32N4O5S/c1-14(2)10-16(11-20(29)19-12-17-18(26-19)6-5-7-21(17)33-3)23(31)27-28(24(32)34-4)13-15-8-9-25-22(15)30/h5-7,12,14-16,26H,8-11,13H2,1-4H3,(H,25,30)(H,27,31)/t15-,16+/m0/s1. The summed E-state index contributed by atoms with van der Waals surface area (Å²) in [4.78, 5) is 53.9. The molecule has 2 aromatic rings. The number of nitrogens with zero attached hydrogens (tertiary/aromatic N) is 1. The Morgan fingerprint density at radius 3 is 2.68 bits per heavy atom. The van der Waals surface area contributed by atoms with Crippen LogP contribution in [0.3, 0.4) is 0 Å². The number of amides is 3. The Balaban J connectivity index is 1.75. The zero-order valence-electron chi connectivity index (χ0n) is 20.0. The average Bonchev–Trinajstić information content (AvgIpc) is 3.43. The van der Waals surface area contributed by atoms with Gasteiger partial charge < -0.3 is 15.0 Å². The highest BCUT2D eigenvalue weighted by Crippen LogP contribution is 2.27. The van der Waals surface area contributed by atoms with Crippen molar-refractivity contribution in [2.45, 2.75) is 33.1 Å². The van der Waals surface area contributed by atoms with Gasteiger partial charge in [-0.2, -0.15) is 0 Å². The molecule has 1 aromatic carbocycles. The molecule has 10 heteroatoms. The summed E-state index contributed by atoms with van der Waals surface area (Å²) < 4.78 is 5.37. The predicted octanol–water partition coefficient (Wildman–Crippen LogP) is 3.36. The van der Waals surface area contributed by atoms with E-state index in [9.17, 15) is 19.2 Å². The molecule has 0 bridgehead atoms. The van der Waals surface area contributed by atoms with Gasteiger partial charge in [0.05, 0.1) is 25.3 Å². The van der Waals surface area contributed by atoms with Gasteiger partial charge in [-0.15, -0.1) is 0 Å². The number of Topliss-reactive ketones (excluding diaryl/α,β-unsaturated/α-hetero) is 1. The van der Waals surface area contributed by atoms with E-state index in [0.717, 1.165) is 22.7 Å². The number of aromatic amines is 1. The van der Waals surface area contributed by atoms with Crippen molar-refractivity contribution in [1.82, 2.24) is 20.7 Å². The maximum absolute atomic E-state index is 13.2. The largest absolute Gasteiger partial charge is 0.496 e. The third-order valence-corrected chi connectivity index (χ3v) is 6.48. The Morgan fingerprint density at radius 2 is 2.06 bits per heavy atom. The summed E-state index contributed by atoms with van der Waals surface area (Å²) in [7, 11) is 1.57. The van der Waals surface area contributed by atoms with Gasteiger partial charge in [0.25, 0.3) is 5.24 Å². The first-order valence-corrected chi connectivity index (χ1v) is 12.6. The van der Waals surface area contributed by atoms with E-state index in [1.54, 1.807) is 19.4 Å². The normalized spacial score (nSPS) is 16.4. The van der Waals surface area contributed by atoms with Gasteiger partial charge in [0.15, 0.2) is 5.78 Å². The number of thioether (sulfide) groups is 1. The molecule has 1 aliphatic rings. The van der Waals surface area contributed by atoms with Crippen LogP contribution >= 0.6 is 11.8 Å². The van der Waals surface area contributed by atoms with Crippen LogP contribution in [0.15, 0.2) is 24.3 Å². The van der Waals surface area contributed by atoms with Crippen molar-refractivity contribution in [2.75, 3.05) is 26.5 Å². The van der Waals surface area contributed by atoms with E-state index >= 15 is 0 Å². The van der Waals surface area contributed by atoms with Crippen LogP contribution in [0.1, 0.15) is 43.6 Å². The first kappa shape index (κ1) is 25.6. The lowest BCUT2D eigenvalue weighted by Crippen LogP contribution is -2.50. The number of methoxy groups -OCH3 is 1. The summed E-state index contributed by atoms with van der Waals surface area (Å²) in [5.74, 6) is -0.911. The van der Waals surface area contributed by atoms with Crippen molar-refractivity contribution in [2.24, 2.45) is 17.8 Å². The van der Waals surface area contributed by atoms with Crippen LogP contribution in [-0.4, -0.2) is 59.3 Å². The van der Waals surface area contributed by atoms with Crippen LogP contribution in [0.2, 0.25) is 0 Å². The van der Waals surface area contributed by atoms with Crippen molar-refractivity contribution in [1.29, 1.82) is 0 Å². The third-order valence-electron chi connectivity index (χ3n) is 5.91. The maximum Gasteiger partial charge on any atom is 0.299 e. The Morgan fingerprint density at radius 1 is 1.29 bits per heavy atom. The molecule has 3 amide bonds. The van der Waals surface area contributed by atoms with Crippen molar-refractivity contribution < 1.29 is 23.9 Å². The quantitative estimate of drug-likeness (QED) is 0.368. The molecule has 1 saturated heterocycles. The summed E-state index contributed by atoms with van der Waals surface area (Å²) >= 11 is 0.959. The summed E-state index contributed by atoms with van der Waals surface area (Å²) in [6.45, 7) is 4.61. The van der Waals surface area contributed by atoms with E-state index in [-0.39, 0.29) is 41.7 Å². The van der Waals surface area contributed by atoms with Crippen LogP contribution in [0.4, 0.5) is 4.79 Å². The molecule has 0 spiro atoms. The molecule has 0 radical (unpaired) electrons. The molecule has 2 atom stereocenters. The molecule has 3 N–H and O–H groups in total. The molecular weight excluding hydrogens is 456 g/mol. The van der Waals surface area contributed by atoms with E-state index in [2.05, 4.69) is 15.7 Å². The topological polar surface area (TPSA) is 121 Å². The van der Waals surface area contributed by atoms with E-state index in [4.69, 9.17) is 4.74 Å². The van der Waals surface area contributed by atoms with E-state index < -0.39 is 11.8 Å². The highest BCUT2D eigenvalue weighted by molar-refractivity contribution is 8.12. The van der Waals surface area contributed by atoms with Crippen molar-refractivity contribution in [3.63, 3.8) is 0 Å². The maximum atomic E-state index is 13.2. The highest BCUT2D eigenvalue weighted by atomic mass is 32.2. The zero-order chi connectivity index (χ0) is 24.8. The van der Waals surface area contributed by atoms with Gasteiger partial charge in [-0.1, -0.05) is 31.7 Å². The second-order valence-electron chi connectivity index (χ2n) is 8.89. The smallest absolute Gasteiger partial charge is 0.299 e. The average molecular weight is 489 g/mol. The molecule has 1 aromatic heterocycles. The molecule has 0 saturated carbocycles. The number of nitrogens with one attached hydrogen (secondary N) is 3. The first-order chi connectivity index (χ1) is 16.2. The number of hydrazine groups is 1. The Hall–Kier alpha value is -3.01. The van der Waals surface area contributed by atoms with Gasteiger partial charge in [-0.05, 0) is 43.2 Å². The third kappa shape index (κ3) is 6.11. The summed E-state index contributed by atoms with van der Waals surface area (Å²) in [5, 5.41) is 4.39. The monoisotopic (exact) mass is 488 g/mol. The number of ketones is 1. The highest BCUT2D eigenvalue weighted by Gasteiger charge is 2.31. The second-order valence-corrected chi connectivity index (χ2v) is 9.65. The second kappa shape index (κ2) is 11.4. The number of benzene rings is 1. The van der Waals surface area contributed by atoms with Crippen molar-refractivity contribution >= 4 is 45.5 Å². The SMILES string of the molecule is COc1cccc2[nH]c(C(=O)C[C@@H](CC(C)C)C(=O)NN(C[C@@H]3CCNC3=O)C(=O)SC)cc12. The van der Waals surface area contributed by atoms with Crippen LogP contribution in [0.5, 0.6) is 5.75 Å². The molecule has 3 rings (SSSR count). The molecule has 2 heterocycles. The Bertz CT molecular complexity index is 1070. The van der Waals surface area contributed by atoms with Gasteiger partial charge in [0, 0.05) is 29.8 Å². The number of hydrogen-bond acceptors (Lipinski definition) is 6.